The highest BCUT2D eigenvalue weighted by molar-refractivity contribution is 5.35. The molecular weight excluding hydrogens is 122 g/mol. The second-order valence-electron chi connectivity index (χ2n) is 2.26. The maximum absolute atomic E-state index is 3.00. The molecule has 1 aromatic rings. The number of nitrogens with one attached hydrogen (secondary N) is 1. The van der Waals surface area contributed by atoms with Crippen LogP contribution in [0.4, 0.5) is 0 Å². The van der Waals surface area contributed by atoms with Crippen molar-refractivity contribution in [3.8, 4) is 0 Å². The fourth-order valence-electron chi connectivity index (χ4n) is 1.05. The van der Waals surface area contributed by atoms with Gasteiger partial charge in [0.25, 0.3) is 0 Å². The lowest BCUT2D eigenvalue weighted by atomic mass is 10.0. The largest absolute Gasteiger partial charge is 0.294 e. The molecule has 0 saturated heterocycles. The van der Waals surface area contributed by atoms with E-state index in [1.165, 1.54) is 5.56 Å². The quantitative estimate of drug-likeness (QED) is 0.556. The maximum atomic E-state index is 3.00. The Bertz CT molecular complexity index is 205. The van der Waals surface area contributed by atoms with Gasteiger partial charge < -0.3 is 0 Å². The van der Waals surface area contributed by atoms with Gasteiger partial charge in [0.15, 0.2) is 0 Å². The molecule has 1 aliphatic heterocycles. The highest BCUT2D eigenvalue weighted by Crippen LogP contribution is 2.14. The van der Waals surface area contributed by atoms with Crippen molar-refractivity contribution in [2.24, 2.45) is 0 Å². The molecule has 0 spiro atoms. The molecule has 1 heterocycles. The molecule has 0 saturated carbocycles. The molecule has 1 aliphatic rings. The van der Waals surface area contributed by atoms with Gasteiger partial charge in [-0.15, -0.1) is 0 Å². The average Bonchev–Trinajstić information content (AvgIpc) is 2.05. The van der Waals surface area contributed by atoms with Gasteiger partial charge in [-0.05, 0) is 17.5 Å². The Morgan fingerprint density at radius 2 is 2.20 bits per heavy atom. The van der Waals surface area contributed by atoms with Crippen LogP contribution < -0.4 is 5.32 Å². The SMILES string of the molecule is [C]1Cc2ccccc2[C]N1. The Hall–Kier alpha value is -0.820. The average molecular weight is 129 g/mol. The van der Waals surface area contributed by atoms with Gasteiger partial charge in [-0.1, -0.05) is 24.3 Å². The van der Waals surface area contributed by atoms with E-state index in [-0.39, 0.29) is 0 Å². The van der Waals surface area contributed by atoms with Crippen LogP contribution in [0.15, 0.2) is 24.3 Å². The summed E-state index contributed by atoms with van der Waals surface area (Å²) < 4.78 is 0. The number of hydrogen-bond donors (Lipinski definition) is 1. The molecule has 4 radical (unpaired) electrons. The molecule has 1 aromatic carbocycles. The molecule has 0 fully saturated rings. The summed E-state index contributed by atoms with van der Waals surface area (Å²) in [4.78, 5) is 0. The first kappa shape index (κ1) is 5.93. The molecule has 48 valence electrons. The summed E-state index contributed by atoms with van der Waals surface area (Å²) in [6.07, 6.45) is 0.878. The Morgan fingerprint density at radius 3 is 3.10 bits per heavy atom. The van der Waals surface area contributed by atoms with Gasteiger partial charge >= 0.3 is 0 Å². The molecule has 0 aliphatic carbocycles. The second kappa shape index (κ2) is 2.43. The van der Waals surface area contributed by atoms with Crippen molar-refractivity contribution in [1.82, 2.24) is 5.32 Å². The third-order valence-electron chi connectivity index (χ3n) is 1.58. The van der Waals surface area contributed by atoms with E-state index in [2.05, 4.69) is 24.5 Å². The Kier molecular flexibility index (Phi) is 1.44. The summed E-state index contributed by atoms with van der Waals surface area (Å²) in [5.74, 6) is 0. The van der Waals surface area contributed by atoms with E-state index in [4.69, 9.17) is 0 Å². The third kappa shape index (κ3) is 0.929. The van der Waals surface area contributed by atoms with Crippen LogP contribution in [0.3, 0.4) is 0 Å². The van der Waals surface area contributed by atoms with E-state index < -0.39 is 0 Å². The summed E-state index contributed by atoms with van der Waals surface area (Å²) in [5, 5.41) is 2.84. The van der Waals surface area contributed by atoms with Crippen molar-refractivity contribution in [3.05, 3.63) is 48.5 Å². The molecule has 1 nitrogen and oxygen atoms in total. The molecule has 1 heteroatoms. The minimum absolute atomic E-state index is 0.878. The van der Waals surface area contributed by atoms with Gasteiger partial charge in [0.2, 0.25) is 0 Å². The van der Waals surface area contributed by atoms with Gasteiger partial charge in [0.1, 0.15) is 0 Å². The minimum Gasteiger partial charge on any atom is -0.294 e. The van der Waals surface area contributed by atoms with Gasteiger partial charge in [-0.3, -0.25) is 5.32 Å². The molecular formula is C9H7N. The van der Waals surface area contributed by atoms with Crippen LogP contribution in [-0.4, -0.2) is 0 Å². The summed E-state index contributed by atoms with van der Waals surface area (Å²) in [6.45, 7) is 5.98. The predicted molar refractivity (Wildman–Crippen MR) is 38.9 cm³/mol. The third-order valence-corrected chi connectivity index (χ3v) is 1.58. The van der Waals surface area contributed by atoms with Crippen molar-refractivity contribution < 1.29 is 0 Å². The van der Waals surface area contributed by atoms with Crippen LogP contribution in [-0.2, 0) is 6.42 Å². The van der Waals surface area contributed by atoms with E-state index in [9.17, 15) is 0 Å². The number of benzene rings is 1. The summed E-state index contributed by atoms with van der Waals surface area (Å²) >= 11 is 0. The second-order valence-corrected chi connectivity index (χ2v) is 2.26. The fourth-order valence-corrected chi connectivity index (χ4v) is 1.05. The molecule has 10 heavy (non-hydrogen) atoms. The first-order valence-corrected chi connectivity index (χ1v) is 3.28. The van der Waals surface area contributed by atoms with Crippen LogP contribution in [0.5, 0.6) is 0 Å². The maximum Gasteiger partial charge on any atom is 0.0942 e. The highest BCUT2D eigenvalue weighted by Gasteiger charge is 2.07. The summed E-state index contributed by atoms with van der Waals surface area (Å²) in [7, 11) is 0. The van der Waals surface area contributed by atoms with Gasteiger partial charge in [0.05, 0.1) is 13.1 Å². The molecule has 0 bridgehead atoms. The van der Waals surface area contributed by atoms with Crippen molar-refractivity contribution in [3.63, 3.8) is 0 Å². The first-order chi connectivity index (χ1) is 4.97. The monoisotopic (exact) mass is 129 g/mol. The highest BCUT2D eigenvalue weighted by atomic mass is 14.9. The molecule has 0 amide bonds. The van der Waals surface area contributed by atoms with Gasteiger partial charge in [-0.2, -0.15) is 0 Å². The van der Waals surface area contributed by atoms with Crippen LogP contribution >= 0.6 is 0 Å². The van der Waals surface area contributed by atoms with Crippen molar-refractivity contribution in [2.75, 3.05) is 0 Å². The van der Waals surface area contributed by atoms with Crippen LogP contribution in [0, 0.1) is 13.1 Å². The Morgan fingerprint density at radius 1 is 1.30 bits per heavy atom. The standard InChI is InChI=1S/C9H7N/c1-2-4-9-7-10-6-5-8(9)3-1/h1-4,10H,5H2. The van der Waals surface area contributed by atoms with Crippen molar-refractivity contribution >= 4 is 0 Å². The van der Waals surface area contributed by atoms with Crippen LogP contribution in [0.2, 0.25) is 0 Å². The van der Waals surface area contributed by atoms with E-state index in [1.807, 2.05) is 18.2 Å². The Labute approximate surface area is 61.1 Å². The first-order valence-electron chi connectivity index (χ1n) is 3.28. The number of hydrogen-bond acceptors (Lipinski definition) is 1. The number of fused-ring (bicyclic) bond motifs is 1. The lowest BCUT2D eigenvalue weighted by Gasteiger charge is -2.13. The van der Waals surface area contributed by atoms with Crippen molar-refractivity contribution in [2.45, 2.75) is 6.42 Å². The zero-order chi connectivity index (χ0) is 6.81. The molecule has 0 atom stereocenters. The molecule has 2 rings (SSSR count). The fraction of sp³-hybridized carbons (Fsp3) is 0.111. The topological polar surface area (TPSA) is 12.0 Å². The van der Waals surface area contributed by atoms with Crippen LogP contribution in [0.25, 0.3) is 0 Å². The van der Waals surface area contributed by atoms with Crippen molar-refractivity contribution in [1.29, 1.82) is 0 Å². The Balaban J connectivity index is 2.41. The molecule has 0 aromatic heterocycles. The number of rotatable bonds is 0. The summed E-state index contributed by atoms with van der Waals surface area (Å²) in [6, 6.07) is 8.19. The predicted octanol–water partition coefficient (Wildman–Crippen LogP) is 1.26. The lowest BCUT2D eigenvalue weighted by molar-refractivity contribution is 0.859. The van der Waals surface area contributed by atoms with E-state index in [0.29, 0.717) is 0 Å². The zero-order valence-electron chi connectivity index (χ0n) is 5.52. The van der Waals surface area contributed by atoms with Gasteiger partial charge in [0, 0.05) is 0 Å². The smallest absolute Gasteiger partial charge is 0.0942 e. The molecule has 1 N–H and O–H groups in total. The zero-order valence-corrected chi connectivity index (χ0v) is 5.52. The van der Waals surface area contributed by atoms with E-state index in [0.717, 1.165) is 12.0 Å². The molecule has 0 unspecified atom stereocenters. The normalized spacial score (nSPS) is 16.4. The van der Waals surface area contributed by atoms with E-state index in [1.54, 1.807) is 0 Å². The summed E-state index contributed by atoms with van der Waals surface area (Å²) in [5.41, 5.74) is 2.45. The lowest BCUT2D eigenvalue weighted by Crippen LogP contribution is -2.16. The van der Waals surface area contributed by atoms with Gasteiger partial charge in [-0.25, -0.2) is 0 Å². The van der Waals surface area contributed by atoms with E-state index >= 15 is 0 Å². The minimum atomic E-state index is 0.878. The van der Waals surface area contributed by atoms with Crippen LogP contribution in [0.1, 0.15) is 11.1 Å².